The highest BCUT2D eigenvalue weighted by atomic mass is 16.5. The molecule has 3 nitrogen and oxygen atoms in total. The Bertz CT molecular complexity index is 433. The number of carbonyl (C=O) groups is 1. The molecular formula is C12H14BNO2. The van der Waals surface area contributed by atoms with Crippen LogP contribution in [0.15, 0.2) is 18.2 Å². The fraction of sp³-hybridized carbons (Fsp3) is 0.417. The van der Waals surface area contributed by atoms with E-state index in [2.05, 4.69) is 0 Å². The molecule has 2 radical (unpaired) electrons. The van der Waals surface area contributed by atoms with Gasteiger partial charge in [-0.15, -0.1) is 0 Å². The molecule has 0 saturated heterocycles. The van der Waals surface area contributed by atoms with Crippen LogP contribution in [-0.4, -0.2) is 26.5 Å². The van der Waals surface area contributed by atoms with E-state index in [-0.39, 0.29) is 5.97 Å². The molecule has 1 aromatic carbocycles. The Kier molecular flexibility index (Phi) is 2.76. The predicted octanol–water partition coefficient (Wildman–Crippen LogP) is -0.160. The van der Waals surface area contributed by atoms with Gasteiger partial charge in [0, 0.05) is 6.42 Å². The van der Waals surface area contributed by atoms with Crippen molar-refractivity contribution in [3.05, 3.63) is 29.3 Å². The molecule has 0 aliphatic heterocycles. The summed E-state index contributed by atoms with van der Waals surface area (Å²) in [6.07, 6.45) is 1.81. The maximum Gasteiger partial charge on any atom is 0.326 e. The number of benzene rings is 1. The first kappa shape index (κ1) is 11.2. The number of esters is 1. The molecule has 0 aromatic heterocycles. The van der Waals surface area contributed by atoms with E-state index in [1.54, 1.807) is 0 Å². The quantitative estimate of drug-likeness (QED) is 0.523. The van der Waals surface area contributed by atoms with Gasteiger partial charge in [0.25, 0.3) is 0 Å². The van der Waals surface area contributed by atoms with Crippen LogP contribution in [0.1, 0.15) is 17.5 Å². The van der Waals surface area contributed by atoms with Gasteiger partial charge in [0.1, 0.15) is 13.4 Å². The Labute approximate surface area is 96.4 Å². The first-order chi connectivity index (χ1) is 7.57. The van der Waals surface area contributed by atoms with Crippen LogP contribution in [-0.2, 0) is 22.4 Å². The standard InChI is InChI=1S/C12H14BNO2/c1-16-11(15)12(14)6-5-9-8(7-12)3-2-4-10(9)13/h2-4H,5-7,14H2,1H3. The molecular weight excluding hydrogens is 201 g/mol. The first-order valence-corrected chi connectivity index (χ1v) is 5.30. The van der Waals surface area contributed by atoms with Crippen molar-refractivity contribution in [2.45, 2.75) is 24.8 Å². The number of rotatable bonds is 1. The third-order valence-electron chi connectivity index (χ3n) is 3.23. The molecule has 82 valence electrons. The zero-order chi connectivity index (χ0) is 11.8. The summed E-state index contributed by atoms with van der Waals surface area (Å²) < 4.78 is 4.74. The zero-order valence-corrected chi connectivity index (χ0v) is 9.32. The largest absolute Gasteiger partial charge is 0.468 e. The van der Waals surface area contributed by atoms with Gasteiger partial charge in [-0.1, -0.05) is 29.2 Å². The molecule has 4 heteroatoms. The molecule has 0 fully saturated rings. The van der Waals surface area contributed by atoms with Gasteiger partial charge in [-0.25, -0.2) is 0 Å². The molecule has 1 atom stereocenters. The summed E-state index contributed by atoms with van der Waals surface area (Å²) in [4.78, 5) is 11.6. The van der Waals surface area contributed by atoms with Crippen LogP contribution in [0.2, 0.25) is 0 Å². The van der Waals surface area contributed by atoms with Gasteiger partial charge in [0.15, 0.2) is 0 Å². The van der Waals surface area contributed by atoms with Gasteiger partial charge in [-0.05, 0) is 18.4 Å². The summed E-state index contributed by atoms with van der Waals surface area (Å²) in [5, 5.41) is 0. The minimum Gasteiger partial charge on any atom is -0.468 e. The summed E-state index contributed by atoms with van der Waals surface area (Å²) in [5.74, 6) is -0.347. The van der Waals surface area contributed by atoms with Crippen LogP contribution in [0, 0.1) is 0 Å². The van der Waals surface area contributed by atoms with E-state index in [1.807, 2.05) is 18.2 Å². The molecule has 16 heavy (non-hydrogen) atoms. The number of nitrogens with two attached hydrogens (primary N) is 1. The highest BCUT2D eigenvalue weighted by Gasteiger charge is 2.38. The molecule has 1 unspecified atom stereocenters. The van der Waals surface area contributed by atoms with Gasteiger partial charge in [0.05, 0.1) is 7.11 Å². The van der Waals surface area contributed by atoms with E-state index >= 15 is 0 Å². The minimum atomic E-state index is -0.893. The van der Waals surface area contributed by atoms with Gasteiger partial charge >= 0.3 is 5.97 Å². The number of carbonyl (C=O) groups excluding carboxylic acids is 1. The molecule has 1 aliphatic carbocycles. The van der Waals surface area contributed by atoms with Crippen molar-refractivity contribution < 1.29 is 9.53 Å². The second kappa shape index (κ2) is 3.94. The van der Waals surface area contributed by atoms with Crippen molar-refractivity contribution in [3.8, 4) is 0 Å². The topological polar surface area (TPSA) is 52.3 Å². The molecule has 2 rings (SSSR count). The number of hydrogen-bond donors (Lipinski definition) is 1. The lowest BCUT2D eigenvalue weighted by Gasteiger charge is -2.32. The maximum absolute atomic E-state index is 11.6. The lowest BCUT2D eigenvalue weighted by Crippen LogP contribution is -2.53. The van der Waals surface area contributed by atoms with E-state index in [1.165, 1.54) is 7.11 Å². The average Bonchev–Trinajstić information content (AvgIpc) is 2.28. The molecule has 0 bridgehead atoms. The second-order valence-electron chi connectivity index (χ2n) is 4.31. The van der Waals surface area contributed by atoms with Crippen molar-refractivity contribution in [1.29, 1.82) is 0 Å². The highest BCUT2D eigenvalue weighted by molar-refractivity contribution is 6.33. The minimum absolute atomic E-state index is 0.347. The maximum atomic E-state index is 11.6. The summed E-state index contributed by atoms with van der Waals surface area (Å²) in [6.45, 7) is 0. The number of methoxy groups -OCH3 is 1. The summed E-state index contributed by atoms with van der Waals surface area (Å²) in [5.41, 5.74) is 8.12. The lowest BCUT2D eigenvalue weighted by molar-refractivity contribution is -0.147. The second-order valence-corrected chi connectivity index (χ2v) is 4.31. The summed E-state index contributed by atoms with van der Waals surface area (Å²) >= 11 is 0. The van der Waals surface area contributed by atoms with Crippen molar-refractivity contribution in [2.75, 3.05) is 7.11 Å². The summed E-state index contributed by atoms with van der Waals surface area (Å²) in [7, 11) is 7.25. The van der Waals surface area contributed by atoms with E-state index in [0.29, 0.717) is 12.8 Å². The van der Waals surface area contributed by atoms with E-state index in [0.717, 1.165) is 23.0 Å². The fourth-order valence-corrected chi connectivity index (χ4v) is 2.28. The van der Waals surface area contributed by atoms with Gasteiger partial charge in [0.2, 0.25) is 0 Å². The van der Waals surface area contributed by atoms with Crippen molar-refractivity contribution >= 4 is 19.3 Å². The third kappa shape index (κ3) is 1.73. The molecule has 0 heterocycles. The SMILES string of the molecule is [B]c1cccc2c1CCC(N)(C(=O)OC)C2. The van der Waals surface area contributed by atoms with Crippen LogP contribution in [0.25, 0.3) is 0 Å². The fourth-order valence-electron chi connectivity index (χ4n) is 2.28. The van der Waals surface area contributed by atoms with Gasteiger partial charge < -0.3 is 10.5 Å². The Morgan fingerprint density at radius 2 is 2.31 bits per heavy atom. The number of fused-ring (bicyclic) bond motifs is 1. The van der Waals surface area contributed by atoms with Crippen LogP contribution < -0.4 is 11.2 Å². The Morgan fingerprint density at radius 1 is 1.56 bits per heavy atom. The van der Waals surface area contributed by atoms with E-state index in [4.69, 9.17) is 18.3 Å². The Balaban J connectivity index is 2.34. The normalized spacial score (nSPS) is 23.6. The Hall–Kier alpha value is -1.29. The van der Waals surface area contributed by atoms with Crippen LogP contribution in [0.4, 0.5) is 0 Å². The van der Waals surface area contributed by atoms with Gasteiger partial charge in [-0.3, -0.25) is 4.79 Å². The van der Waals surface area contributed by atoms with E-state index < -0.39 is 5.54 Å². The van der Waals surface area contributed by atoms with Crippen molar-refractivity contribution in [2.24, 2.45) is 5.73 Å². The molecule has 1 aromatic rings. The molecule has 0 spiro atoms. The third-order valence-corrected chi connectivity index (χ3v) is 3.23. The molecule has 0 amide bonds. The Morgan fingerprint density at radius 3 is 3.00 bits per heavy atom. The van der Waals surface area contributed by atoms with Crippen LogP contribution in [0.3, 0.4) is 0 Å². The summed E-state index contributed by atoms with van der Waals surface area (Å²) in [6, 6.07) is 5.73. The number of hydrogen-bond acceptors (Lipinski definition) is 3. The highest BCUT2D eigenvalue weighted by Crippen LogP contribution is 2.26. The van der Waals surface area contributed by atoms with Crippen LogP contribution >= 0.6 is 0 Å². The molecule has 1 aliphatic rings. The molecule has 0 saturated carbocycles. The van der Waals surface area contributed by atoms with Gasteiger partial charge in [-0.2, -0.15) is 0 Å². The predicted molar refractivity (Wildman–Crippen MR) is 62.8 cm³/mol. The van der Waals surface area contributed by atoms with Crippen molar-refractivity contribution in [1.82, 2.24) is 0 Å². The van der Waals surface area contributed by atoms with E-state index in [9.17, 15) is 4.79 Å². The average molecular weight is 215 g/mol. The number of ether oxygens (including phenoxy) is 1. The smallest absolute Gasteiger partial charge is 0.326 e. The molecule has 2 N–H and O–H groups in total. The van der Waals surface area contributed by atoms with Crippen LogP contribution in [0.5, 0.6) is 0 Å². The van der Waals surface area contributed by atoms with Crippen molar-refractivity contribution in [3.63, 3.8) is 0 Å². The monoisotopic (exact) mass is 215 g/mol. The lowest BCUT2D eigenvalue weighted by atomic mass is 9.74. The zero-order valence-electron chi connectivity index (χ0n) is 9.32. The first-order valence-electron chi connectivity index (χ1n) is 5.30.